The van der Waals surface area contributed by atoms with Crippen LogP contribution >= 0.6 is 0 Å². The van der Waals surface area contributed by atoms with Gasteiger partial charge in [0.15, 0.2) is 5.84 Å². The van der Waals surface area contributed by atoms with Gasteiger partial charge in [0, 0.05) is 25.1 Å². The van der Waals surface area contributed by atoms with Gasteiger partial charge in [0.25, 0.3) is 0 Å². The molecule has 1 heterocycles. The van der Waals surface area contributed by atoms with E-state index in [0.717, 1.165) is 29.6 Å². The number of hydrogen-bond acceptors (Lipinski definition) is 6. The Morgan fingerprint density at radius 2 is 1.85 bits per heavy atom. The van der Waals surface area contributed by atoms with Crippen LogP contribution in [-0.2, 0) is 9.53 Å². The number of carbonyl (C=O) groups excluding carboxylic acids is 2. The van der Waals surface area contributed by atoms with Crippen molar-refractivity contribution in [2.45, 2.75) is 45.6 Å². The molecule has 1 atom stereocenters. The first-order valence-electron chi connectivity index (χ1n) is 11.3. The van der Waals surface area contributed by atoms with E-state index in [1.165, 1.54) is 7.11 Å². The number of nitrogens with two attached hydrogens (primary N) is 1. The first-order chi connectivity index (χ1) is 16.0. The van der Waals surface area contributed by atoms with E-state index >= 15 is 0 Å². The normalized spacial score (nSPS) is 17.8. The number of amides is 1. The smallest absolute Gasteiger partial charge is 0.337 e. The van der Waals surface area contributed by atoms with Crippen LogP contribution in [0, 0.1) is 0 Å². The quantitative estimate of drug-likeness (QED) is 0.290. The fourth-order valence-corrected chi connectivity index (χ4v) is 4.09. The SMILES string of the molecule is CCCN(CCC)C(=O)C1=CC2=CC=C(c3ccc(C(=O)OC)cc3)CC2N=C(N=NN)C1. The second-order valence-electron chi connectivity index (χ2n) is 8.05. The van der Waals surface area contributed by atoms with Crippen LogP contribution in [0.2, 0.25) is 0 Å². The van der Waals surface area contributed by atoms with Gasteiger partial charge >= 0.3 is 5.97 Å². The van der Waals surface area contributed by atoms with Gasteiger partial charge in [0.2, 0.25) is 5.91 Å². The zero-order chi connectivity index (χ0) is 23.8. The Balaban J connectivity index is 1.93. The van der Waals surface area contributed by atoms with Crippen LogP contribution in [0.25, 0.3) is 5.57 Å². The zero-order valence-corrected chi connectivity index (χ0v) is 19.5. The molecule has 0 fully saturated rings. The third-order valence-corrected chi connectivity index (χ3v) is 5.67. The summed E-state index contributed by atoms with van der Waals surface area (Å²) in [5.74, 6) is 5.41. The van der Waals surface area contributed by atoms with Crippen molar-refractivity contribution in [1.82, 2.24) is 4.90 Å². The molecular weight excluding hydrogens is 418 g/mol. The lowest BCUT2D eigenvalue weighted by Crippen LogP contribution is -2.34. The van der Waals surface area contributed by atoms with Crippen LogP contribution in [0.15, 0.2) is 69.0 Å². The Morgan fingerprint density at radius 1 is 1.15 bits per heavy atom. The van der Waals surface area contributed by atoms with E-state index in [9.17, 15) is 9.59 Å². The second-order valence-corrected chi connectivity index (χ2v) is 8.05. The molecule has 0 aromatic heterocycles. The van der Waals surface area contributed by atoms with E-state index in [0.29, 0.717) is 42.9 Å². The highest BCUT2D eigenvalue weighted by atomic mass is 16.5. The topological polar surface area (TPSA) is 110 Å². The molecule has 3 rings (SSSR count). The van der Waals surface area contributed by atoms with Gasteiger partial charge in [-0.3, -0.25) is 9.79 Å². The number of nitrogens with zero attached hydrogens (tertiary/aromatic N) is 4. The van der Waals surface area contributed by atoms with E-state index in [1.54, 1.807) is 12.1 Å². The van der Waals surface area contributed by atoms with Crippen molar-refractivity contribution in [2.24, 2.45) is 21.2 Å². The standard InChI is InChI=1S/C25H31N5O3/c1-4-12-30(13-5-2)24(31)21-14-20-11-10-19(15-22(20)27-23(16-21)28-29-26)17-6-8-18(9-7-17)25(32)33-3/h6-11,14,22H,4-5,12-13,15-16H2,1-3H3,(H2,26,27,28). The van der Waals surface area contributed by atoms with Gasteiger partial charge in [0.1, 0.15) is 0 Å². The van der Waals surface area contributed by atoms with E-state index in [4.69, 9.17) is 15.6 Å². The van der Waals surface area contributed by atoms with Crippen LogP contribution in [0.4, 0.5) is 0 Å². The van der Waals surface area contributed by atoms with Gasteiger partial charge in [0.05, 0.1) is 18.7 Å². The predicted octanol–water partition coefficient (Wildman–Crippen LogP) is 4.26. The molecule has 174 valence electrons. The number of carbonyl (C=O) groups is 2. The number of aliphatic imine (C=N–C) groups is 1. The summed E-state index contributed by atoms with van der Waals surface area (Å²) in [5.41, 5.74) is 4.19. The summed E-state index contributed by atoms with van der Waals surface area (Å²) < 4.78 is 4.77. The number of rotatable bonds is 7. The number of fused-ring (bicyclic) bond motifs is 1. The first kappa shape index (κ1) is 24.1. The highest BCUT2D eigenvalue weighted by molar-refractivity contribution is 6.01. The number of esters is 1. The maximum absolute atomic E-state index is 13.3. The van der Waals surface area contributed by atoms with Crippen molar-refractivity contribution in [3.05, 3.63) is 64.8 Å². The zero-order valence-electron chi connectivity index (χ0n) is 19.5. The van der Waals surface area contributed by atoms with Crippen molar-refractivity contribution in [3.8, 4) is 0 Å². The number of benzene rings is 1. The Bertz CT molecular complexity index is 1030. The molecule has 1 aromatic carbocycles. The summed E-state index contributed by atoms with van der Waals surface area (Å²) in [6, 6.07) is 7.10. The molecule has 0 bridgehead atoms. The molecule has 0 spiro atoms. The molecule has 0 radical (unpaired) electrons. The van der Waals surface area contributed by atoms with Gasteiger partial charge in [-0.2, -0.15) is 0 Å². The number of hydrogen-bond donors (Lipinski definition) is 1. The lowest BCUT2D eigenvalue weighted by molar-refractivity contribution is -0.127. The van der Waals surface area contributed by atoms with Crippen molar-refractivity contribution in [3.63, 3.8) is 0 Å². The highest BCUT2D eigenvalue weighted by Crippen LogP contribution is 2.33. The van der Waals surface area contributed by atoms with Crippen molar-refractivity contribution in [2.75, 3.05) is 20.2 Å². The van der Waals surface area contributed by atoms with E-state index < -0.39 is 0 Å². The average Bonchev–Trinajstić information content (AvgIpc) is 3.02. The van der Waals surface area contributed by atoms with E-state index in [1.807, 2.05) is 35.3 Å². The Hall–Kier alpha value is -3.55. The second kappa shape index (κ2) is 11.4. The van der Waals surface area contributed by atoms with Gasteiger partial charge < -0.3 is 15.5 Å². The lowest BCUT2D eigenvalue weighted by Gasteiger charge is -2.23. The van der Waals surface area contributed by atoms with Gasteiger partial charge in [-0.1, -0.05) is 43.4 Å². The summed E-state index contributed by atoms with van der Waals surface area (Å²) in [4.78, 5) is 31.6. The van der Waals surface area contributed by atoms with Crippen LogP contribution in [0.1, 0.15) is 55.5 Å². The largest absolute Gasteiger partial charge is 0.465 e. The summed E-state index contributed by atoms with van der Waals surface area (Å²) in [5, 5.41) is 7.43. The van der Waals surface area contributed by atoms with E-state index in [-0.39, 0.29) is 17.9 Å². The van der Waals surface area contributed by atoms with Crippen molar-refractivity contribution >= 4 is 23.3 Å². The molecule has 1 amide bonds. The highest BCUT2D eigenvalue weighted by Gasteiger charge is 2.27. The van der Waals surface area contributed by atoms with Gasteiger partial charge in [-0.05, 0) is 54.2 Å². The molecule has 8 heteroatoms. The molecule has 0 saturated heterocycles. The fraction of sp³-hybridized carbons (Fsp3) is 0.400. The van der Waals surface area contributed by atoms with Crippen LogP contribution < -0.4 is 5.84 Å². The number of amidine groups is 1. The lowest BCUT2D eigenvalue weighted by atomic mass is 9.88. The summed E-state index contributed by atoms with van der Waals surface area (Å²) in [6.45, 7) is 5.55. The number of methoxy groups -OCH3 is 1. The van der Waals surface area contributed by atoms with E-state index in [2.05, 4.69) is 24.2 Å². The van der Waals surface area contributed by atoms with Crippen molar-refractivity contribution in [1.29, 1.82) is 0 Å². The average molecular weight is 450 g/mol. The Labute approximate surface area is 194 Å². The molecule has 1 unspecified atom stereocenters. The van der Waals surface area contributed by atoms with Crippen LogP contribution in [-0.4, -0.2) is 48.9 Å². The minimum Gasteiger partial charge on any atom is -0.465 e. The monoisotopic (exact) mass is 449 g/mol. The summed E-state index contributed by atoms with van der Waals surface area (Å²) in [7, 11) is 1.36. The molecule has 1 aliphatic carbocycles. The van der Waals surface area contributed by atoms with Crippen LogP contribution in [0.5, 0.6) is 0 Å². The minimum atomic E-state index is -0.367. The molecule has 1 aliphatic heterocycles. The number of ether oxygens (including phenoxy) is 1. The third kappa shape index (κ3) is 5.83. The Morgan fingerprint density at radius 3 is 2.45 bits per heavy atom. The van der Waals surface area contributed by atoms with Gasteiger partial charge in [-0.25, -0.2) is 4.79 Å². The maximum atomic E-state index is 13.3. The molecule has 1 aromatic rings. The number of allylic oxidation sites excluding steroid dienone is 2. The molecule has 2 N–H and O–H groups in total. The summed E-state index contributed by atoms with van der Waals surface area (Å²) >= 11 is 0. The third-order valence-electron chi connectivity index (χ3n) is 5.67. The van der Waals surface area contributed by atoms with Crippen LogP contribution in [0.3, 0.4) is 0 Å². The first-order valence-corrected chi connectivity index (χ1v) is 11.3. The predicted molar refractivity (Wildman–Crippen MR) is 129 cm³/mol. The van der Waals surface area contributed by atoms with Gasteiger partial charge in [-0.15, -0.1) is 5.11 Å². The summed E-state index contributed by atoms with van der Waals surface area (Å²) in [6.07, 6.45) is 8.71. The Kier molecular flexibility index (Phi) is 8.29. The molecule has 2 aliphatic rings. The van der Waals surface area contributed by atoms with Crippen molar-refractivity contribution < 1.29 is 14.3 Å². The molecule has 8 nitrogen and oxygen atoms in total. The molecule has 33 heavy (non-hydrogen) atoms. The molecular formula is C25H31N5O3. The molecule has 0 saturated carbocycles. The minimum absolute atomic E-state index is 0.00773. The fourth-order valence-electron chi connectivity index (χ4n) is 4.09. The maximum Gasteiger partial charge on any atom is 0.337 e.